The summed E-state index contributed by atoms with van der Waals surface area (Å²) in [5.74, 6) is 2.41. The molecule has 0 atom stereocenters. The molecule has 0 unspecified atom stereocenters. The highest BCUT2D eigenvalue weighted by atomic mass is 35.5. The van der Waals surface area contributed by atoms with Crippen molar-refractivity contribution in [3.05, 3.63) is 70.9 Å². The van der Waals surface area contributed by atoms with E-state index in [9.17, 15) is 0 Å². The number of ether oxygens (including phenoxy) is 3. The van der Waals surface area contributed by atoms with E-state index in [0.29, 0.717) is 11.6 Å². The minimum Gasteiger partial charge on any atom is -0.497 e. The summed E-state index contributed by atoms with van der Waals surface area (Å²) in [5, 5.41) is 13.7. The minimum atomic E-state index is -0.252. The van der Waals surface area contributed by atoms with Crippen LogP contribution in [0.2, 0.25) is 5.02 Å². The van der Waals surface area contributed by atoms with Crippen LogP contribution in [-0.2, 0) is 13.0 Å². The summed E-state index contributed by atoms with van der Waals surface area (Å²) in [6, 6.07) is 15.9. The van der Waals surface area contributed by atoms with Gasteiger partial charge < -0.3 is 19.5 Å². The maximum atomic E-state index is 6.45. The molecule has 3 aromatic carbocycles. The highest BCUT2D eigenvalue weighted by Crippen LogP contribution is 2.44. The number of nitrogens with zero attached hydrogens (tertiary/aromatic N) is 2. The Balaban J connectivity index is 1.47. The molecule has 174 valence electrons. The van der Waals surface area contributed by atoms with Crippen LogP contribution in [0.15, 0.2) is 54.7 Å². The van der Waals surface area contributed by atoms with Crippen molar-refractivity contribution >= 4 is 28.2 Å². The summed E-state index contributed by atoms with van der Waals surface area (Å²) in [6.07, 6.45) is 2.56. The van der Waals surface area contributed by atoms with Crippen LogP contribution < -0.4 is 19.5 Å². The van der Waals surface area contributed by atoms with Crippen molar-refractivity contribution in [2.24, 2.45) is 0 Å². The largest absolute Gasteiger partial charge is 0.497 e. The van der Waals surface area contributed by atoms with Crippen molar-refractivity contribution in [1.82, 2.24) is 10.2 Å². The van der Waals surface area contributed by atoms with Crippen LogP contribution >= 0.6 is 11.6 Å². The molecule has 1 N–H and O–H groups in total. The molecule has 5 rings (SSSR count). The number of hydrogen-bond acceptors (Lipinski definition) is 6. The molecule has 6 nitrogen and oxygen atoms in total. The predicted molar refractivity (Wildman–Crippen MR) is 135 cm³/mol. The third-order valence-corrected chi connectivity index (χ3v) is 6.26. The van der Waals surface area contributed by atoms with Crippen LogP contribution in [0.4, 0.5) is 5.69 Å². The maximum Gasteiger partial charge on any atom is 0.131 e. The van der Waals surface area contributed by atoms with E-state index in [0.717, 1.165) is 62.5 Å². The summed E-state index contributed by atoms with van der Waals surface area (Å²) < 4.78 is 17.1. The monoisotopic (exact) mass is 475 g/mol. The Morgan fingerprint density at radius 3 is 2.71 bits per heavy atom. The fraction of sp³-hybridized carbons (Fsp3) is 0.259. The van der Waals surface area contributed by atoms with E-state index in [1.165, 1.54) is 0 Å². The average Bonchev–Trinajstić information content (AvgIpc) is 3.15. The lowest BCUT2D eigenvalue weighted by Gasteiger charge is -2.18. The normalized spacial score (nSPS) is 13.9. The first kappa shape index (κ1) is 22.3. The molecular formula is C27H26ClN3O3. The third kappa shape index (κ3) is 4.21. The number of nitrogens with one attached hydrogen (secondary N) is 1. The Bertz CT molecular complexity index is 1390. The zero-order valence-corrected chi connectivity index (χ0v) is 20.4. The number of aromatic nitrogens is 2. The molecule has 0 spiro atoms. The molecule has 7 heteroatoms. The summed E-state index contributed by atoms with van der Waals surface area (Å²) >= 11 is 6.45. The van der Waals surface area contributed by atoms with Gasteiger partial charge in [0.05, 0.1) is 31.6 Å². The molecule has 0 saturated carbocycles. The lowest BCUT2D eigenvalue weighted by atomic mass is 9.97. The maximum absolute atomic E-state index is 6.45. The number of halogens is 1. The molecule has 0 saturated heterocycles. The van der Waals surface area contributed by atoms with Gasteiger partial charge in [-0.05, 0) is 55.8 Å². The van der Waals surface area contributed by atoms with Crippen LogP contribution in [0.3, 0.4) is 0 Å². The van der Waals surface area contributed by atoms with Crippen molar-refractivity contribution in [1.29, 1.82) is 0 Å². The van der Waals surface area contributed by atoms with Crippen LogP contribution in [0.5, 0.6) is 17.2 Å². The smallest absolute Gasteiger partial charge is 0.131 e. The standard InChI is InChI=1S/C27H26ClN3O3/c1-27(2)13-18-9-19(28)11-22(26(18)34-27)16-6-8-21-23(10-16)31-30-15-24(21)29-14-17-5-7-20(32-3)12-25(17)33-4/h5-12,15H,13-14H2,1-4H3,(H,29,31). The van der Waals surface area contributed by atoms with E-state index in [1.54, 1.807) is 20.4 Å². The van der Waals surface area contributed by atoms with Crippen molar-refractivity contribution in [3.63, 3.8) is 0 Å². The Hall–Kier alpha value is -3.51. The van der Waals surface area contributed by atoms with Crippen LogP contribution in [0.1, 0.15) is 25.0 Å². The van der Waals surface area contributed by atoms with Gasteiger partial charge in [-0.15, -0.1) is 0 Å². The van der Waals surface area contributed by atoms with E-state index < -0.39 is 0 Å². The van der Waals surface area contributed by atoms with Crippen LogP contribution in [-0.4, -0.2) is 30.0 Å². The second-order valence-corrected chi connectivity index (χ2v) is 9.44. The van der Waals surface area contributed by atoms with Gasteiger partial charge in [-0.3, -0.25) is 0 Å². The van der Waals surface area contributed by atoms with Gasteiger partial charge in [-0.25, -0.2) is 0 Å². The molecular weight excluding hydrogens is 450 g/mol. The highest BCUT2D eigenvalue weighted by molar-refractivity contribution is 6.31. The number of fused-ring (bicyclic) bond motifs is 2. The Labute approximate surface area is 203 Å². The van der Waals surface area contributed by atoms with E-state index in [2.05, 4.69) is 41.5 Å². The predicted octanol–water partition coefficient (Wildman–Crippen LogP) is 6.29. The first-order valence-electron chi connectivity index (χ1n) is 11.1. The second-order valence-electron chi connectivity index (χ2n) is 9.00. The number of methoxy groups -OCH3 is 2. The van der Waals surface area contributed by atoms with Crippen LogP contribution in [0.25, 0.3) is 22.0 Å². The quantitative estimate of drug-likeness (QED) is 0.353. The van der Waals surface area contributed by atoms with Crippen molar-refractivity contribution in [2.45, 2.75) is 32.4 Å². The molecule has 0 aliphatic carbocycles. The first-order chi connectivity index (χ1) is 16.4. The molecule has 1 aliphatic rings. The summed E-state index contributed by atoms with van der Waals surface area (Å²) in [7, 11) is 3.29. The third-order valence-electron chi connectivity index (χ3n) is 6.04. The summed E-state index contributed by atoms with van der Waals surface area (Å²) in [5.41, 5.74) is 5.53. The lowest BCUT2D eigenvalue weighted by molar-refractivity contribution is 0.139. The minimum absolute atomic E-state index is 0.252. The molecule has 0 radical (unpaired) electrons. The second kappa shape index (κ2) is 8.69. The van der Waals surface area contributed by atoms with E-state index in [1.807, 2.05) is 36.4 Å². The molecule has 0 fully saturated rings. The van der Waals surface area contributed by atoms with Gasteiger partial charge in [0.2, 0.25) is 0 Å². The lowest BCUT2D eigenvalue weighted by Crippen LogP contribution is -2.24. The van der Waals surface area contributed by atoms with Gasteiger partial charge in [-0.1, -0.05) is 17.7 Å². The first-order valence-corrected chi connectivity index (χ1v) is 11.5. The highest BCUT2D eigenvalue weighted by Gasteiger charge is 2.32. The summed E-state index contributed by atoms with van der Waals surface area (Å²) in [4.78, 5) is 0. The molecule has 0 bridgehead atoms. The fourth-order valence-corrected chi connectivity index (χ4v) is 4.69. The SMILES string of the molecule is COc1ccc(CNc2cnnc3cc(-c4cc(Cl)cc5c4OC(C)(C)C5)ccc23)c(OC)c1. The fourth-order valence-electron chi connectivity index (χ4n) is 4.44. The molecule has 34 heavy (non-hydrogen) atoms. The van der Waals surface area contributed by atoms with Crippen molar-refractivity contribution in [3.8, 4) is 28.4 Å². The van der Waals surface area contributed by atoms with E-state index >= 15 is 0 Å². The topological polar surface area (TPSA) is 65.5 Å². The van der Waals surface area contributed by atoms with E-state index in [-0.39, 0.29) is 5.60 Å². The number of rotatable bonds is 6. The van der Waals surface area contributed by atoms with Gasteiger partial charge in [0.1, 0.15) is 22.8 Å². The Kier molecular flexibility index (Phi) is 5.70. The number of hydrogen-bond donors (Lipinski definition) is 1. The molecule has 1 aromatic heterocycles. The van der Waals surface area contributed by atoms with Gasteiger partial charge in [0.25, 0.3) is 0 Å². The Morgan fingerprint density at radius 1 is 1.06 bits per heavy atom. The number of anilines is 1. The summed E-state index contributed by atoms with van der Waals surface area (Å²) in [6.45, 7) is 4.75. The molecule has 2 heterocycles. The van der Waals surface area contributed by atoms with Gasteiger partial charge in [-0.2, -0.15) is 10.2 Å². The zero-order valence-electron chi connectivity index (χ0n) is 19.6. The van der Waals surface area contributed by atoms with Gasteiger partial charge in [0.15, 0.2) is 0 Å². The van der Waals surface area contributed by atoms with E-state index in [4.69, 9.17) is 25.8 Å². The molecule has 1 aliphatic heterocycles. The van der Waals surface area contributed by atoms with Crippen LogP contribution in [0, 0.1) is 0 Å². The average molecular weight is 476 g/mol. The zero-order chi connectivity index (χ0) is 23.9. The number of benzene rings is 3. The van der Waals surface area contributed by atoms with Crippen molar-refractivity contribution in [2.75, 3.05) is 19.5 Å². The van der Waals surface area contributed by atoms with Gasteiger partial charge in [0, 0.05) is 46.1 Å². The Morgan fingerprint density at radius 2 is 1.91 bits per heavy atom. The molecule has 4 aromatic rings. The van der Waals surface area contributed by atoms with Gasteiger partial charge >= 0.3 is 0 Å². The van der Waals surface area contributed by atoms with Crippen molar-refractivity contribution < 1.29 is 14.2 Å². The molecule has 0 amide bonds.